The van der Waals surface area contributed by atoms with Gasteiger partial charge in [-0.3, -0.25) is 0 Å². The molecule has 19 heavy (non-hydrogen) atoms. The fourth-order valence-electron chi connectivity index (χ4n) is 1.34. The number of amides is 1. The Morgan fingerprint density at radius 1 is 1.37 bits per heavy atom. The Morgan fingerprint density at radius 3 is 2.63 bits per heavy atom. The number of hydrogen-bond acceptors (Lipinski definition) is 5. The summed E-state index contributed by atoms with van der Waals surface area (Å²) in [5.41, 5.74) is 6.65. The molecule has 106 valence electrons. The molecule has 1 aromatic rings. The first-order chi connectivity index (χ1) is 8.78. The van der Waals surface area contributed by atoms with Crippen molar-refractivity contribution in [3.8, 4) is 0 Å². The van der Waals surface area contributed by atoms with Crippen LogP contribution in [0, 0.1) is 6.92 Å². The molecular formula is C13H22N4O2. The number of hydrogen-bond donors (Lipinski definition) is 3. The van der Waals surface area contributed by atoms with Crippen LogP contribution in [0.1, 0.15) is 26.5 Å². The molecule has 1 rings (SSSR count). The maximum absolute atomic E-state index is 11.4. The van der Waals surface area contributed by atoms with Crippen LogP contribution in [-0.4, -0.2) is 29.8 Å². The summed E-state index contributed by atoms with van der Waals surface area (Å²) in [5, 5.41) is 5.75. The quantitative estimate of drug-likeness (QED) is 0.724. The molecule has 0 aliphatic rings. The van der Waals surface area contributed by atoms with Crippen molar-refractivity contribution in [2.45, 2.75) is 33.3 Å². The molecule has 6 nitrogen and oxygen atoms in total. The Morgan fingerprint density at radius 2 is 2.05 bits per heavy atom. The SMILES string of the molecule is Cc1nc(NCCNC(=O)OC(C)(C)C)ccc1N. The van der Waals surface area contributed by atoms with Crippen molar-refractivity contribution in [1.82, 2.24) is 10.3 Å². The van der Waals surface area contributed by atoms with E-state index in [-0.39, 0.29) is 0 Å². The van der Waals surface area contributed by atoms with Crippen LogP contribution in [0.3, 0.4) is 0 Å². The summed E-state index contributed by atoms with van der Waals surface area (Å²) in [6, 6.07) is 3.60. The lowest BCUT2D eigenvalue weighted by atomic mass is 10.2. The molecule has 4 N–H and O–H groups in total. The van der Waals surface area contributed by atoms with Crippen molar-refractivity contribution in [3.63, 3.8) is 0 Å². The van der Waals surface area contributed by atoms with Gasteiger partial charge in [0.05, 0.1) is 11.4 Å². The number of carbonyl (C=O) groups excluding carboxylic acids is 1. The van der Waals surface area contributed by atoms with E-state index in [4.69, 9.17) is 10.5 Å². The van der Waals surface area contributed by atoms with Crippen LogP contribution in [-0.2, 0) is 4.74 Å². The predicted molar refractivity (Wildman–Crippen MR) is 76.1 cm³/mol. The van der Waals surface area contributed by atoms with Gasteiger partial charge in [-0.25, -0.2) is 9.78 Å². The van der Waals surface area contributed by atoms with Crippen LogP contribution in [0.25, 0.3) is 0 Å². The van der Waals surface area contributed by atoms with Gasteiger partial charge >= 0.3 is 6.09 Å². The molecule has 0 saturated heterocycles. The molecule has 6 heteroatoms. The average molecular weight is 266 g/mol. The lowest BCUT2D eigenvalue weighted by molar-refractivity contribution is 0.0530. The predicted octanol–water partition coefficient (Wildman–Crippen LogP) is 1.91. The van der Waals surface area contributed by atoms with Gasteiger partial charge in [0.15, 0.2) is 0 Å². The number of pyridine rings is 1. The Labute approximate surface area is 113 Å². The summed E-state index contributed by atoms with van der Waals surface area (Å²) in [4.78, 5) is 15.6. The highest BCUT2D eigenvalue weighted by Crippen LogP contribution is 2.11. The molecular weight excluding hydrogens is 244 g/mol. The minimum atomic E-state index is -0.479. The number of aromatic nitrogens is 1. The number of carbonyl (C=O) groups is 1. The molecule has 0 bridgehead atoms. The highest BCUT2D eigenvalue weighted by Gasteiger charge is 2.15. The standard InChI is InChI=1S/C13H22N4O2/c1-9-10(14)5-6-11(17-9)15-7-8-16-12(18)19-13(2,3)4/h5-6H,7-8,14H2,1-4H3,(H,15,17)(H,16,18). The second kappa shape index (κ2) is 6.26. The number of nitrogen functional groups attached to an aromatic ring is 1. The Kier molecular flexibility index (Phi) is 4.97. The molecule has 0 saturated carbocycles. The monoisotopic (exact) mass is 266 g/mol. The summed E-state index contributed by atoms with van der Waals surface area (Å²) in [7, 11) is 0. The molecule has 1 aromatic heterocycles. The van der Waals surface area contributed by atoms with Crippen molar-refractivity contribution in [1.29, 1.82) is 0 Å². The summed E-state index contributed by atoms with van der Waals surface area (Å²) in [6.45, 7) is 8.35. The Hall–Kier alpha value is -1.98. The lowest BCUT2D eigenvalue weighted by Gasteiger charge is -2.19. The van der Waals surface area contributed by atoms with Gasteiger partial charge < -0.3 is 21.1 Å². The number of anilines is 2. The van der Waals surface area contributed by atoms with Crippen molar-refractivity contribution in [2.24, 2.45) is 0 Å². The van der Waals surface area contributed by atoms with Gasteiger partial charge in [0.2, 0.25) is 0 Å². The van der Waals surface area contributed by atoms with E-state index in [1.54, 1.807) is 12.1 Å². The van der Waals surface area contributed by atoms with Crippen LogP contribution in [0.5, 0.6) is 0 Å². The second-order valence-corrected chi connectivity index (χ2v) is 5.23. The number of aryl methyl sites for hydroxylation is 1. The number of nitrogens with zero attached hydrogens (tertiary/aromatic N) is 1. The van der Waals surface area contributed by atoms with E-state index in [1.165, 1.54) is 0 Å². The maximum atomic E-state index is 11.4. The van der Waals surface area contributed by atoms with Crippen LogP contribution < -0.4 is 16.4 Å². The number of ether oxygens (including phenoxy) is 1. The van der Waals surface area contributed by atoms with E-state index >= 15 is 0 Å². The zero-order valence-electron chi connectivity index (χ0n) is 11.9. The normalized spacial score (nSPS) is 10.9. The highest BCUT2D eigenvalue weighted by molar-refractivity contribution is 5.67. The van der Waals surface area contributed by atoms with Gasteiger partial charge in [-0.15, -0.1) is 0 Å². The number of alkyl carbamates (subject to hydrolysis) is 1. The zero-order valence-corrected chi connectivity index (χ0v) is 11.9. The first-order valence-electron chi connectivity index (χ1n) is 6.22. The van der Waals surface area contributed by atoms with E-state index in [2.05, 4.69) is 15.6 Å². The topological polar surface area (TPSA) is 89.3 Å². The Bertz CT molecular complexity index is 441. The van der Waals surface area contributed by atoms with Crippen molar-refractivity contribution in [2.75, 3.05) is 24.1 Å². The summed E-state index contributed by atoms with van der Waals surface area (Å²) >= 11 is 0. The number of nitrogens with one attached hydrogen (secondary N) is 2. The van der Waals surface area contributed by atoms with Crippen molar-refractivity contribution in [3.05, 3.63) is 17.8 Å². The molecule has 1 heterocycles. The second-order valence-electron chi connectivity index (χ2n) is 5.23. The van der Waals surface area contributed by atoms with E-state index in [9.17, 15) is 4.79 Å². The van der Waals surface area contributed by atoms with E-state index < -0.39 is 11.7 Å². The molecule has 0 aromatic carbocycles. The van der Waals surface area contributed by atoms with Crippen molar-refractivity contribution < 1.29 is 9.53 Å². The van der Waals surface area contributed by atoms with Crippen LogP contribution in [0.15, 0.2) is 12.1 Å². The Balaban J connectivity index is 2.27. The maximum Gasteiger partial charge on any atom is 0.407 e. The molecule has 0 aliphatic carbocycles. The molecule has 0 radical (unpaired) electrons. The van der Waals surface area contributed by atoms with Gasteiger partial charge in [-0.05, 0) is 39.8 Å². The van der Waals surface area contributed by atoms with Crippen LogP contribution in [0.4, 0.5) is 16.3 Å². The molecule has 0 atom stereocenters. The van der Waals surface area contributed by atoms with E-state index in [0.29, 0.717) is 18.8 Å². The third-order valence-corrected chi connectivity index (χ3v) is 2.23. The molecule has 0 unspecified atom stereocenters. The van der Waals surface area contributed by atoms with Crippen molar-refractivity contribution >= 4 is 17.6 Å². The summed E-state index contributed by atoms with van der Waals surface area (Å²) in [6.07, 6.45) is -0.421. The van der Waals surface area contributed by atoms with Gasteiger partial charge in [0.25, 0.3) is 0 Å². The third-order valence-electron chi connectivity index (χ3n) is 2.23. The first kappa shape index (κ1) is 15.1. The average Bonchev–Trinajstić information content (AvgIpc) is 2.27. The fraction of sp³-hybridized carbons (Fsp3) is 0.538. The van der Waals surface area contributed by atoms with Gasteiger partial charge in [0.1, 0.15) is 11.4 Å². The van der Waals surface area contributed by atoms with Crippen LogP contribution >= 0.6 is 0 Å². The molecule has 0 fully saturated rings. The smallest absolute Gasteiger partial charge is 0.407 e. The van der Waals surface area contributed by atoms with Crippen LogP contribution in [0.2, 0.25) is 0 Å². The lowest BCUT2D eigenvalue weighted by Crippen LogP contribution is -2.35. The third kappa shape index (κ3) is 5.94. The van der Waals surface area contributed by atoms with E-state index in [1.807, 2.05) is 27.7 Å². The molecule has 1 amide bonds. The first-order valence-corrected chi connectivity index (χ1v) is 6.22. The zero-order chi connectivity index (χ0) is 14.5. The van der Waals surface area contributed by atoms with E-state index in [0.717, 1.165) is 11.5 Å². The molecule has 0 spiro atoms. The minimum absolute atomic E-state index is 0.421. The number of rotatable bonds is 4. The van der Waals surface area contributed by atoms with Gasteiger partial charge in [-0.1, -0.05) is 0 Å². The number of nitrogens with two attached hydrogens (primary N) is 1. The minimum Gasteiger partial charge on any atom is -0.444 e. The highest BCUT2D eigenvalue weighted by atomic mass is 16.6. The summed E-state index contributed by atoms with van der Waals surface area (Å²) in [5.74, 6) is 0.734. The van der Waals surface area contributed by atoms with Gasteiger partial charge in [-0.2, -0.15) is 0 Å². The summed E-state index contributed by atoms with van der Waals surface area (Å²) < 4.78 is 5.11. The molecule has 0 aliphatic heterocycles. The largest absolute Gasteiger partial charge is 0.444 e. The fourth-order valence-corrected chi connectivity index (χ4v) is 1.34. The van der Waals surface area contributed by atoms with Gasteiger partial charge in [0, 0.05) is 13.1 Å².